The molecule has 1 aromatic carbocycles. The second-order valence-electron chi connectivity index (χ2n) is 6.51. The molecule has 1 unspecified atom stereocenters. The molecule has 0 spiro atoms. The number of nitrogens with one attached hydrogen (secondary N) is 1. The number of hydrogen-bond donors (Lipinski definition) is 1. The summed E-state index contributed by atoms with van der Waals surface area (Å²) in [4.78, 5) is 2.39. The second-order valence-corrected chi connectivity index (χ2v) is 6.51. The zero-order valence-electron chi connectivity index (χ0n) is 12.9. The molecule has 1 atom stereocenters. The summed E-state index contributed by atoms with van der Waals surface area (Å²) < 4.78 is 0. The van der Waals surface area contributed by atoms with Gasteiger partial charge in [0.2, 0.25) is 0 Å². The van der Waals surface area contributed by atoms with Crippen LogP contribution in [-0.2, 0) is 0 Å². The largest absolute Gasteiger partial charge is 0.374 e. The van der Waals surface area contributed by atoms with Crippen LogP contribution in [0.2, 0.25) is 0 Å². The molecule has 1 saturated carbocycles. The van der Waals surface area contributed by atoms with E-state index in [-0.39, 0.29) is 0 Å². The maximum absolute atomic E-state index is 3.69. The number of nitrogens with zero attached hydrogens (tertiary/aromatic N) is 1. The number of hydrogen-bond acceptors (Lipinski definition) is 2. The van der Waals surface area contributed by atoms with E-state index < -0.39 is 0 Å². The van der Waals surface area contributed by atoms with Crippen LogP contribution in [0.3, 0.4) is 0 Å². The highest BCUT2D eigenvalue weighted by Gasteiger charge is 2.28. The van der Waals surface area contributed by atoms with Crippen molar-refractivity contribution in [2.75, 3.05) is 25.0 Å². The molecule has 0 heterocycles. The third-order valence-corrected chi connectivity index (χ3v) is 4.31. The SMILES string of the molecule is CCC(C)(CNC1CC1)CN(C)c1cccc(C)c1. The molecule has 0 saturated heterocycles. The summed E-state index contributed by atoms with van der Waals surface area (Å²) in [6.45, 7) is 9.09. The molecular weight excluding hydrogens is 232 g/mol. The van der Waals surface area contributed by atoms with Gasteiger partial charge in [-0.1, -0.05) is 26.0 Å². The Hall–Kier alpha value is -1.02. The van der Waals surface area contributed by atoms with E-state index in [9.17, 15) is 0 Å². The van der Waals surface area contributed by atoms with Gasteiger partial charge in [-0.05, 0) is 49.3 Å². The summed E-state index contributed by atoms with van der Waals surface area (Å²) in [5, 5.41) is 3.69. The van der Waals surface area contributed by atoms with Gasteiger partial charge in [0.15, 0.2) is 0 Å². The normalized spacial score (nSPS) is 18.1. The van der Waals surface area contributed by atoms with Crippen LogP contribution in [0.25, 0.3) is 0 Å². The molecule has 0 amide bonds. The van der Waals surface area contributed by atoms with Crippen molar-refractivity contribution in [3.8, 4) is 0 Å². The maximum atomic E-state index is 3.69. The average Bonchev–Trinajstić information content (AvgIpc) is 3.20. The Morgan fingerprint density at radius 1 is 1.37 bits per heavy atom. The van der Waals surface area contributed by atoms with Crippen LogP contribution in [0.4, 0.5) is 5.69 Å². The van der Waals surface area contributed by atoms with E-state index in [2.05, 4.69) is 62.3 Å². The van der Waals surface area contributed by atoms with Gasteiger partial charge < -0.3 is 10.2 Å². The molecule has 0 aliphatic heterocycles. The van der Waals surface area contributed by atoms with Gasteiger partial charge in [0, 0.05) is 31.9 Å². The highest BCUT2D eigenvalue weighted by Crippen LogP contribution is 2.27. The Morgan fingerprint density at radius 2 is 2.11 bits per heavy atom. The van der Waals surface area contributed by atoms with Crippen molar-refractivity contribution in [3.63, 3.8) is 0 Å². The molecule has 2 heteroatoms. The van der Waals surface area contributed by atoms with E-state index in [1.54, 1.807) is 0 Å². The number of aryl methyl sites for hydroxylation is 1. The van der Waals surface area contributed by atoms with Crippen molar-refractivity contribution in [3.05, 3.63) is 29.8 Å². The second kappa shape index (κ2) is 5.96. The Morgan fingerprint density at radius 3 is 2.68 bits per heavy atom. The van der Waals surface area contributed by atoms with Crippen LogP contribution >= 0.6 is 0 Å². The molecule has 1 aliphatic carbocycles. The zero-order valence-corrected chi connectivity index (χ0v) is 12.9. The van der Waals surface area contributed by atoms with Crippen molar-refractivity contribution >= 4 is 5.69 Å². The quantitative estimate of drug-likeness (QED) is 0.806. The highest BCUT2D eigenvalue weighted by atomic mass is 15.1. The van der Waals surface area contributed by atoms with E-state index in [1.807, 2.05) is 0 Å². The molecule has 19 heavy (non-hydrogen) atoms. The molecule has 0 aromatic heterocycles. The van der Waals surface area contributed by atoms with Crippen molar-refractivity contribution in [1.82, 2.24) is 5.32 Å². The Labute approximate surface area is 118 Å². The predicted molar refractivity (Wildman–Crippen MR) is 83.9 cm³/mol. The first-order chi connectivity index (χ1) is 9.02. The van der Waals surface area contributed by atoms with E-state index in [0.717, 1.165) is 19.1 Å². The molecule has 1 fully saturated rings. The van der Waals surface area contributed by atoms with Gasteiger partial charge >= 0.3 is 0 Å². The summed E-state index contributed by atoms with van der Waals surface area (Å²) in [6, 6.07) is 9.58. The fourth-order valence-corrected chi connectivity index (χ4v) is 2.50. The zero-order chi connectivity index (χ0) is 13.9. The molecule has 1 aromatic rings. The average molecular weight is 260 g/mol. The van der Waals surface area contributed by atoms with Gasteiger partial charge in [0.25, 0.3) is 0 Å². The van der Waals surface area contributed by atoms with Crippen LogP contribution in [0, 0.1) is 12.3 Å². The number of anilines is 1. The van der Waals surface area contributed by atoms with E-state index >= 15 is 0 Å². The predicted octanol–water partition coefficient (Wildman–Crippen LogP) is 3.60. The van der Waals surface area contributed by atoms with Crippen LogP contribution in [0.15, 0.2) is 24.3 Å². The van der Waals surface area contributed by atoms with Gasteiger partial charge in [0.05, 0.1) is 0 Å². The summed E-state index contributed by atoms with van der Waals surface area (Å²) in [7, 11) is 2.21. The van der Waals surface area contributed by atoms with E-state index in [1.165, 1.54) is 30.5 Å². The minimum Gasteiger partial charge on any atom is -0.374 e. The Kier molecular flexibility index (Phi) is 4.51. The number of rotatable bonds is 7. The van der Waals surface area contributed by atoms with Crippen LogP contribution in [0.1, 0.15) is 38.7 Å². The lowest BCUT2D eigenvalue weighted by Crippen LogP contribution is -2.41. The first kappa shape index (κ1) is 14.4. The molecule has 0 bridgehead atoms. The molecule has 0 radical (unpaired) electrons. The van der Waals surface area contributed by atoms with Gasteiger partial charge in [-0.25, -0.2) is 0 Å². The van der Waals surface area contributed by atoms with Crippen molar-refractivity contribution < 1.29 is 0 Å². The lowest BCUT2D eigenvalue weighted by atomic mass is 9.86. The minimum atomic E-state index is 0.348. The third-order valence-electron chi connectivity index (χ3n) is 4.31. The fourth-order valence-electron chi connectivity index (χ4n) is 2.50. The summed E-state index contributed by atoms with van der Waals surface area (Å²) in [5.74, 6) is 0. The first-order valence-electron chi connectivity index (χ1n) is 7.53. The topological polar surface area (TPSA) is 15.3 Å². The molecule has 1 aliphatic rings. The fraction of sp³-hybridized carbons (Fsp3) is 0.647. The highest BCUT2D eigenvalue weighted by molar-refractivity contribution is 5.47. The van der Waals surface area contributed by atoms with Gasteiger partial charge in [-0.2, -0.15) is 0 Å². The van der Waals surface area contributed by atoms with Gasteiger partial charge in [-0.15, -0.1) is 0 Å². The van der Waals surface area contributed by atoms with E-state index in [0.29, 0.717) is 5.41 Å². The van der Waals surface area contributed by atoms with Gasteiger partial charge in [-0.3, -0.25) is 0 Å². The van der Waals surface area contributed by atoms with Crippen molar-refractivity contribution in [2.45, 2.75) is 46.1 Å². The Balaban J connectivity index is 1.95. The lowest BCUT2D eigenvalue weighted by Gasteiger charge is -2.34. The lowest BCUT2D eigenvalue weighted by molar-refractivity contribution is 0.298. The van der Waals surface area contributed by atoms with Crippen LogP contribution < -0.4 is 10.2 Å². The molecule has 1 N–H and O–H groups in total. The standard InChI is InChI=1S/C17H28N2/c1-5-17(3,12-18-15-9-10-15)13-19(4)16-8-6-7-14(2)11-16/h6-8,11,15,18H,5,9-10,12-13H2,1-4H3. The maximum Gasteiger partial charge on any atom is 0.0366 e. The smallest absolute Gasteiger partial charge is 0.0366 e. The number of benzene rings is 1. The molecule has 2 nitrogen and oxygen atoms in total. The van der Waals surface area contributed by atoms with Gasteiger partial charge in [0.1, 0.15) is 0 Å². The monoisotopic (exact) mass is 260 g/mol. The molecule has 106 valence electrons. The summed E-state index contributed by atoms with van der Waals surface area (Å²) in [5.41, 5.74) is 3.01. The van der Waals surface area contributed by atoms with Crippen LogP contribution in [0.5, 0.6) is 0 Å². The first-order valence-corrected chi connectivity index (χ1v) is 7.53. The Bertz CT molecular complexity index is 411. The molecule has 2 rings (SSSR count). The van der Waals surface area contributed by atoms with Crippen molar-refractivity contribution in [1.29, 1.82) is 0 Å². The summed E-state index contributed by atoms with van der Waals surface area (Å²) in [6.07, 6.45) is 3.95. The molecular formula is C17H28N2. The third kappa shape index (κ3) is 4.24. The summed E-state index contributed by atoms with van der Waals surface area (Å²) >= 11 is 0. The van der Waals surface area contributed by atoms with Crippen molar-refractivity contribution in [2.24, 2.45) is 5.41 Å². The minimum absolute atomic E-state index is 0.348. The van der Waals surface area contributed by atoms with E-state index in [4.69, 9.17) is 0 Å². The van der Waals surface area contributed by atoms with Crippen LogP contribution in [-0.4, -0.2) is 26.2 Å².